The quantitative estimate of drug-likeness (QED) is 0.921. The molecule has 2 saturated heterocycles. The summed E-state index contributed by atoms with van der Waals surface area (Å²) in [5, 5.41) is 3.43. The van der Waals surface area contributed by atoms with E-state index in [0.29, 0.717) is 0 Å². The standard InChI is InChI=1S/C19H31N3/c1-21-11-3-6-18(8-12-21)19-5-2-4-17(16-19)7-13-22-14-9-20-10-15-22/h2,4-5,16,18,20H,3,6-15H2,1H3. The van der Waals surface area contributed by atoms with E-state index in [9.17, 15) is 0 Å². The van der Waals surface area contributed by atoms with Crippen molar-refractivity contribution in [2.75, 3.05) is 52.9 Å². The molecule has 2 heterocycles. The summed E-state index contributed by atoms with van der Waals surface area (Å²) in [6, 6.07) is 9.42. The first-order valence-corrected chi connectivity index (χ1v) is 9.02. The Morgan fingerprint density at radius 3 is 2.82 bits per heavy atom. The molecule has 1 unspecified atom stereocenters. The molecule has 1 aromatic rings. The smallest absolute Gasteiger partial charge is 0.0108 e. The number of nitrogens with one attached hydrogen (secondary N) is 1. The van der Waals surface area contributed by atoms with Crippen LogP contribution in [-0.4, -0.2) is 62.7 Å². The van der Waals surface area contributed by atoms with E-state index in [1.165, 1.54) is 64.0 Å². The molecule has 1 atom stereocenters. The van der Waals surface area contributed by atoms with Crippen LogP contribution in [0.3, 0.4) is 0 Å². The van der Waals surface area contributed by atoms with Gasteiger partial charge in [0.15, 0.2) is 0 Å². The van der Waals surface area contributed by atoms with Crippen molar-refractivity contribution in [3.63, 3.8) is 0 Å². The van der Waals surface area contributed by atoms with Crippen molar-refractivity contribution >= 4 is 0 Å². The fourth-order valence-corrected chi connectivity index (χ4v) is 3.80. The largest absolute Gasteiger partial charge is 0.314 e. The van der Waals surface area contributed by atoms with Gasteiger partial charge < -0.3 is 15.1 Å². The van der Waals surface area contributed by atoms with Gasteiger partial charge in [-0.25, -0.2) is 0 Å². The fourth-order valence-electron chi connectivity index (χ4n) is 3.80. The number of hydrogen-bond acceptors (Lipinski definition) is 3. The molecule has 22 heavy (non-hydrogen) atoms. The number of piperazine rings is 1. The molecule has 3 rings (SSSR count). The topological polar surface area (TPSA) is 18.5 Å². The zero-order valence-corrected chi connectivity index (χ0v) is 14.1. The van der Waals surface area contributed by atoms with Crippen LogP contribution in [0.25, 0.3) is 0 Å². The van der Waals surface area contributed by atoms with Crippen LogP contribution in [0.15, 0.2) is 24.3 Å². The van der Waals surface area contributed by atoms with Crippen molar-refractivity contribution in [3.8, 4) is 0 Å². The Hall–Kier alpha value is -0.900. The highest BCUT2D eigenvalue weighted by atomic mass is 15.2. The molecule has 0 spiro atoms. The van der Waals surface area contributed by atoms with E-state index in [0.717, 1.165) is 19.0 Å². The van der Waals surface area contributed by atoms with Crippen LogP contribution < -0.4 is 5.32 Å². The average molecular weight is 301 g/mol. The summed E-state index contributed by atoms with van der Waals surface area (Å²) < 4.78 is 0. The molecule has 122 valence electrons. The van der Waals surface area contributed by atoms with Crippen LogP contribution in [0.4, 0.5) is 0 Å². The van der Waals surface area contributed by atoms with Crippen LogP contribution in [0.5, 0.6) is 0 Å². The summed E-state index contributed by atoms with van der Waals surface area (Å²) in [6.07, 6.45) is 5.20. The summed E-state index contributed by atoms with van der Waals surface area (Å²) in [6.45, 7) is 8.42. The van der Waals surface area contributed by atoms with E-state index in [2.05, 4.69) is 46.4 Å². The molecule has 3 heteroatoms. The van der Waals surface area contributed by atoms with E-state index in [4.69, 9.17) is 0 Å². The Kier molecular flexibility index (Phi) is 5.88. The third kappa shape index (κ3) is 4.55. The summed E-state index contributed by atoms with van der Waals surface area (Å²) in [5.41, 5.74) is 3.10. The summed E-state index contributed by atoms with van der Waals surface area (Å²) in [4.78, 5) is 5.07. The second kappa shape index (κ2) is 8.09. The maximum Gasteiger partial charge on any atom is 0.0108 e. The zero-order valence-electron chi connectivity index (χ0n) is 14.1. The van der Waals surface area contributed by atoms with Gasteiger partial charge in [0, 0.05) is 32.7 Å². The maximum atomic E-state index is 3.43. The van der Waals surface area contributed by atoms with Crippen molar-refractivity contribution in [1.29, 1.82) is 0 Å². The highest BCUT2D eigenvalue weighted by Gasteiger charge is 2.17. The first kappa shape index (κ1) is 16.0. The average Bonchev–Trinajstić information content (AvgIpc) is 2.79. The van der Waals surface area contributed by atoms with Gasteiger partial charge in [-0.05, 0) is 62.9 Å². The van der Waals surface area contributed by atoms with E-state index < -0.39 is 0 Å². The second-order valence-electron chi connectivity index (χ2n) is 7.02. The summed E-state index contributed by atoms with van der Waals surface area (Å²) in [7, 11) is 2.26. The van der Waals surface area contributed by atoms with Gasteiger partial charge in [-0.1, -0.05) is 24.3 Å². The Labute approximate surface area is 135 Å². The second-order valence-corrected chi connectivity index (χ2v) is 7.02. The lowest BCUT2D eigenvalue weighted by atomic mass is 9.90. The molecule has 1 N–H and O–H groups in total. The lowest BCUT2D eigenvalue weighted by Gasteiger charge is -2.27. The van der Waals surface area contributed by atoms with E-state index in [-0.39, 0.29) is 0 Å². The molecular formula is C19H31N3. The van der Waals surface area contributed by atoms with Gasteiger partial charge >= 0.3 is 0 Å². The first-order valence-electron chi connectivity index (χ1n) is 9.02. The lowest BCUT2D eigenvalue weighted by molar-refractivity contribution is 0.244. The Morgan fingerprint density at radius 1 is 1.09 bits per heavy atom. The van der Waals surface area contributed by atoms with Crippen molar-refractivity contribution in [1.82, 2.24) is 15.1 Å². The van der Waals surface area contributed by atoms with Crippen LogP contribution in [-0.2, 0) is 6.42 Å². The maximum absolute atomic E-state index is 3.43. The molecule has 2 fully saturated rings. The molecule has 0 aromatic heterocycles. The van der Waals surface area contributed by atoms with E-state index >= 15 is 0 Å². The predicted molar refractivity (Wildman–Crippen MR) is 93.5 cm³/mol. The van der Waals surface area contributed by atoms with Crippen LogP contribution in [0.1, 0.15) is 36.3 Å². The molecule has 0 bridgehead atoms. The number of rotatable bonds is 4. The molecule has 2 aliphatic heterocycles. The lowest BCUT2D eigenvalue weighted by Crippen LogP contribution is -2.44. The van der Waals surface area contributed by atoms with Gasteiger partial charge in [-0.3, -0.25) is 0 Å². The van der Waals surface area contributed by atoms with E-state index in [1.807, 2.05) is 0 Å². The SMILES string of the molecule is CN1CCCC(c2cccc(CCN3CCNCC3)c2)CC1. The molecule has 0 radical (unpaired) electrons. The van der Waals surface area contributed by atoms with Crippen molar-refractivity contribution in [3.05, 3.63) is 35.4 Å². The van der Waals surface area contributed by atoms with E-state index in [1.54, 1.807) is 5.56 Å². The van der Waals surface area contributed by atoms with Crippen LogP contribution >= 0.6 is 0 Å². The molecular weight excluding hydrogens is 270 g/mol. The van der Waals surface area contributed by atoms with Crippen LogP contribution in [0.2, 0.25) is 0 Å². The van der Waals surface area contributed by atoms with Gasteiger partial charge in [0.1, 0.15) is 0 Å². The van der Waals surface area contributed by atoms with Gasteiger partial charge in [0.25, 0.3) is 0 Å². The van der Waals surface area contributed by atoms with Crippen molar-refractivity contribution in [2.24, 2.45) is 0 Å². The first-order chi connectivity index (χ1) is 10.8. The fraction of sp³-hybridized carbons (Fsp3) is 0.684. The summed E-state index contributed by atoms with van der Waals surface area (Å²) >= 11 is 0. The highest BCUT2D eigenvalue weighted by Crippen LogP contribution is 2.28. The zero-order chi connectivity index (χ0) is 15.2. The third-order valence-corrected chi connectivity index (χ3v) is 5.30. The minimum atomic E-state index is 0.768. The van der Waals surface area contributed by atoms with Gasteiger partial charge in [-0.2, -0.15) is 0 Å². The molecule has 0 aliphatic carbocycles. The molecule has 2 aliphatic rings. The van der Waals surface area contributed by atoms with Crippen LogP contribution in [0, 0.1) is 0 Å². The summed E-state index contributed by atoms with van der Waals surface area (Å²) in [5.74, 6) is 0.768. The monoisotopic (exact) mass is 301 g/mol. The Bertz CT molecular complexity index is 454. The van der Waals surface area contributed by atoms with Gasteiger partial charge in [-0.15, -0.1) is 0 Å². The molecule has 0 amide bonds. The number of nitrogens with zero attached hydrogens (tertiary/aromatic N) is 2. The Morgan fingerprint density at radius 2 is 1.95 bits per heavy atom. The van der Waals surface area contributed by atoms with Gasteiger partial charge in [0.05, 0.1) is 0 Å². The van der Waals surface area contributed by atoms with Gasteiger partial charge in [0.2, 0.25) is 0 Å². The van der Waals surface area contributed by atoms with Crippen molar-refractivity contribution < 1.29 is 0 Å². The third-order valence-electron chi connectivity index (χ3n) is 5.30. The number of benzene rings is 1. The predicted octanol–water partition coefficient (Wildman–Crippen LogP) is 2.33. The minimum Gasteiger partial charge on any atom is -0.314 e. The molecule has 0 saturated carbocycles. The molecule has 1 aromatic carbocycles. The Balaban J connectivity index is 1.57. The number of likely N-dealkylation sites (tertiary alicyclic amines) is 1. The number of hydrogen-bond donors (Lipinski definition) is 1. The molecule has 3 nitrogen and oxygen atoms in total. The highest BCUT2D eigenvalue weighted by molar-refractivity contribution is 5.27. The van der Waals surface area contributed by atoms with Crippen molar-refractivity contribution in [2.45, 2.75) is 31.6 Å². The minimum absolute atomic E-state index is 0.768. The normalized spacial score (nSPS) is 25.0.